The molecule has 0 aliphatic carbocycles. The SMILES string of the molecule is Cl.N=C(N)c1ccc2c(c1)nc1ccc3ccccc3n12. The maximum absolute atomic E-state index is 7.52. The van der Waals surface area contributed by atoms with E-state index in [0.717, 1.165) is 22.2 Å². The molecule has 2 aromatic carbocycles. The van der Waals surface area contributed by atoms with Gasteiger partial charge in [-0.05, 0) is 41.8 Å². The second-order valence-corrected chi connectivity index (χ2v) is 4.81. The first-order valence-electron chi connectivity index (χ1n) is 6.38. The molecule has 0 fully saturated rings. The van der Waals surface area contributed by atoms with Crippen LogP contribution < -0.4 is 5.73 Å². The van der Waals surface area contributed by atoms with Gasteiger partial charge in [-0.2, -0.15) is 0 Å². The van der Waals surface area contributed by atoms with Crippen LogP contribution in [0.25, 0.3) is 27.6 Å². The lowest BCUT2D eigenvalue weighted by Crippen LogP contribution is -2.10. The molecule has 21 heavy (non-hydrogen) atoms. The first-order chi connectivity index (χ1) is 9.74. The second-order valence-electron chi connectivity index (χ2n) is 4.81. The summed E-state index contributed by atoms with van der Waals surface area (Å²) in [6.45, 7) is 0. The van der Waals surface area contributed by atoms with Gasteiger partial charge in [0.05, 0.1) is 16.6 Å². The zero-order chi connectivity index (χ0) is 13.7. The van der Waals surface area contributed by atoms with E-state index in [4.69, 9.17) is 11.1 Å². The van der Waals surface area contributed by atoms with Crippen molar-refractivity contribution in [2.24, 2.45) is 5.73 Å². The molecule has 5 heteroatoms. The topological polar surface area (TPSA) is 67.2 Å². The predicted molar refractivity (Wildman–Crippen MR) is 88.5 cm³/mol. The number of halogens is 1. The average Bonchev–Trinajstić information content (AvgIpc) is 2.85. The Morgan fingerprint density at radius 3 is 2.62 bits per heavy atom. The van der Waals surface area contributed by atoms with Crippen molar-refractivity contribution in [3.8, 4) is 0 Å². The minimum Gasteiger partial charge on any atom is -0.384 e. The fourth-order valence-corrected chi connectivity index (χ4v) is 2.63. The number of pyridine rings is 1. The number of nitrogens with two attached hydrogens (primary N) is 1. The van der Waals surface area contributed by atoms with Gasteiger partial charge >= 0.3 is 0 Å². The number of hydrogen-bond donors (Lipinski definition) is 2. The summed E-state index contributed by atoms with van der Waals surface area (Å²) in [4.78, 5) is 4.62. The molecule has 0 aliphatic rings. The molecule has 4 rings (SSSR count). The summed E-state index contributed by atoms with van der Waals surface area (Å²) >= 11 is 0. The van der Waals surface area contributed by atoms with Crippen molar-refractivity contribution in [1.82, 2.24) is 9.38 Å². The molecule has 0 atom stereocenters. The highest BCUT2D eigenvalue weighted by molar-refractivity contribution is 5.99. The van der Waals surface area contributed by atoms with Gasteiger partial charge in [-0.3, -0.25) is 9.81 Å². The predicted octanol–water partition coefficient (Wildman–Crippen LogP) is 3.35. The first kappa shape index (κ1) is 13.4. The van der Waals surface area contributed by atoms with Crippen molar-refractivity contribution < 1.29 is 0 Å². The van der Waals surface area contributed by atoms with Crippen molar-refractivity contribution in [3.63, 3.8) is 0 Å². The van der Waals surface area contributed by atoms with E-state index in [-0.39, 0.29) is 18.2 Å². The molecule has 3 N–H and O–H groups in total. The van der Waals surface area contributed by atoms with E-state index in [0.29, 0.717) is 5.56 Å². The maximum Gasteiger partial charge on any atom is 0.138 e. The number of hydrogen-bond acceptors (Lipinski definition) is 2. The molecule has 4 nitrogen and oxygen atoms in total. The quantitative estimate of drug-likeness (QED) is 0.418. The number of nitrogen functional groups attached to an aromatic ring is 1. The molecule has 0 radical (unpaired) electrons. The molecule has 0 saturated carbocycles. The molecule has 0 saturated heterocycles. The highest BCUT2D eigenvalue weighted by atomic mass is 35.5. The van der Waals surface area contributed by atoms with E-state index < -0.39 is 0 Å². The third kappa shape index (κ3) is 1.92. The minimum atomic E-state index is 0. The molecule has 0 amide bonds. The lowest BCUT2D eigenvalue weighted by Gasteiger charge is -2.03. The number of nitrogens with one attached hydrogen (secondary N) is 1. The summed E-state index contributed by atoms with van der Waals surface area (Å²) in [5.74, 6) is 0.0637. The molecular weight excluding hydrogens is 284 g/mol. The number of para-hydroxylation sites is 1. The van der Waals surface area contributed by atoms with Gasteiger partial charge in [-0.1, -0.05) is 18.2 Å². The Balaban J connectivity index is 0.00000132. The summed E-state index contributed by atoms with van der Waals surface area (Å²) < 4.78 is 2.13. The van der Waals surface area contributed by atoms with Crippen molar-refractivity contribution in [1.29, 1.82) is 5.41 Å². The highest BCUT2D eigenvalue weighted by Gasteiger charge is 2.08. The van der Waals surface area contributed by atoms with Gasteiger partial charge in [0.1, 0.15) is 11.5 Å². The monoisotopic (exact) mass is 296 g/mol. The first-order valence-corrected chi connectivity index (χ1v) is 6.38. The van der Waals surface area contributed by atoms with Crippen LogP contribution in [0.4, 0.5) is 0 Å². The van der Waals surface area contributed by atoms with E-state index in [2.05, 4.69) is 27.6 Å². The maximum atomic E-state index is 7.52. The van der Waals surface area contributed by atoms with Crippen LogP contribution in [0.3, 0.4) is 0 Å². The molecule has 0 unspecified atom stereocenters. The van der Waals surface area contributed by atoms with E-state index >= 15 is 0 Å². The van der Waals surface area contributed by atoms with Gasteiger partial charge in [0.2, 0.25) is 0 Å². The number of nitrogens with zero attached hydrogens (tertiary/aromatic N) is 2. The standard InChI is InChI=1S/C16H12N4.ClH/c17-16(18)11-5-7-14-12(9-11)19-15-8-6-10-3-1-2-4-13(10)20(14)15;/h1-9H,(H3,17,18);1H. The molecule has 2 aromatic heterocycles. The largest absolute Gasteiger partial charge is 0.384 e. The van der Waals surface area contributed by atoms with Crippen LogP contribution in [0.15, 0.2) is 54.6 Å². The molecule has 4 aromatic rings. The van der Waals surface area contributed by atoms with Gasteiger partial charge in [0.25, 0.3) is 0 Å². The molecule has 2 heterocycles. The number of amidine groups is 1. The molecular formula is C16H13ClN4. The Labute approximate surface area is 127 Å². The fraction of sp³-hybridized carbons (Fsp3) is 0. The number of aromatic nitrogens is 2. The molecule has 104 valence electrons. The Bertz CT molecular complexity index is 987. The third-order valence-corrected chi connectivity index (χ3v) is 3.58. The van der Waals surface area contributed by atoms with E-state index in [1.807, 2.05) is 36.4 Å². The van der Waals surface area contributed by atoms with Crippen molar-refractivity contribution in [3.05, 3.63) is 60.2 Å². The highest BCUT2D eigenvalue weighted by Crippen LogP contribution is 2.23. The van der Waals surface area contributed by atoms with Gasteiger partial charge < -0.3 is 5.73 Å². The van der Waals surface area contributed by atoms with Crippen LogP contribution >= 0.6 is 12.4 Å². The second kappa shape index (κ2) is 4.75. The Morgan fingerprint density at radius 1 is 1.00 bits per heavy atom. The van der Waals surface area contributed by atoms with Gasteiger partial charge in [0.15, 0.2) is 0 Å². The fourth-order valence-electron chi connectivity index (χ4n) is 2.63. The summed E-state index contributed by atoms with van der Waals surface area (Å²) in [5, 5.41) is 8.70. The van der Waals surface area contributed by atoms with Gasteiger partial charge in [0, 0.05) is 5.56 Å². The van der Waals surface area contributed by atoms with E-state index in [1.54, 1.807) is 0 Å². The normalized spacial score (nSPS) is 10.9. The lowest BCUT2D eigenvalue weighted by atomic mass is 10.2. The van der Waals surface area contributed by atoms with Crippen LogP contribution in [-0.4, -0.2) is 15.2 Å². The Morgan fingerprint density at radius 2 is 1.81 bits per heavy atom. The van der Waals surface area contributed by atoms with E-state index in [9.17, 15) is 0 Å². The molecule has 0 aliphatic heterocycles. The third-order valence-electron chi connectivity index (χ3n) is 3.58. The van der Waals surface area contributed by atoms with Crippen LogP contribution in [0.2, 0.25) is 0 Å². The van der Waals surface area contributed by atoms with Gasteiger partial charge in [-0.15, -0.1) is 12.4 Å². The number of rotatable bonds is 1. The zero-order valence-electron chi connectivity index (χ0n) is 11.1. The van der Waals surface area contributed by atoms with Crippen LogP contribution in [-0.2, 0) is 0 Å². The van der Waals surface area contributed by atoms with E-state index in [1.165, 1.54) is 5.39 Å². The van der Waals surface area contributed by atoms with Crippen LogP contribution in [0, 0.1) is 5.41 Å². The number of fused-ring (bicyclic) bond motifs is 5. The van der Waals surface area contributed by atoms with Gasteiger partial charge in [-0.25, -0.2) is 4.98 Å². The Kier molecular flexibility index (Phi) is 3.03. The summed E-state index contributed by atoms with van der Waals surface area (Å²) in [5.41, 5.74) is 10.2. The van der Waals surface area contributed by atoms with Crippen molar-refractivity contribution in [2.75, 3.05) is 0 Å². The minimum absolute atomic E-state index is 0. The average molecular weight is 297 g/mol. The summed E-state index contributed by atoms with van der Waals surface area (Å²) in [6, 6.07) is 18.0. The van der Waals surface area contributed by atoms with Crippen LogP contribution in [0.1, 0.15) is 5.56 Å². The summed E-state index contributed by atoms with van der Waals surface area (Å²) in [7, 11) is 0. The summed E-state index contributed by atoms with van der Waals surface area (Å²) in [6.07, 6.45) is 0. The number of benzene rings is 2. The lowest BCUT2D eigenvalue weighted by molar-refractivity contribution is 1.30. The zero-order valence-corrected chi connectivity index (χ0v) is 11.9. The molecule has 0 spiro atoms. The number of imidazole rings is 1. The van der Waals surface area contributed by atoms with Crippen molar-refractivity contribution in [2.45, 2.75) is 0 Å². The Hall–Kier alpha value is -2.59. The molecule has 0 bridgehead atoms. The van der Waals surface area contributed by atoms with Crippen LogP contribution in [0.5, 0.6) is 0 Å². The smallest absolute Gasteiger partial charge is 0.138 e. The van der Waals surface area contributed by atoms with Crippen molar-refractivity contribution >= 4 is 45.8 Å².